The normalized spacial score (nSPS) is 24.1. The minimum Gasteiger partial charge on any atom is -0.467 e. The van der Waals surface area contributed by atoms with Crippen molar-refractivity contribution in [2.75, 3.05) is 13.6 Å². The van der Waals surface area contributed by atoms with E-state index in [1.807, 2.05) is 13.0 Å². The van der Waals surface area contributed by atoms with Crippen LogP contribution in [0.2, 0.25) is 0 Å². The Morgan fingerprint density at radius 1 is 1.55 bits per heavy atom. The molecule has 0 saturated heterocycles. The van der Waals surface area contributed by atoms with Crippen molar-refractivity contribution in [2.45, 2.75) is 44.8 Å². The van der Waals surface area contributed by atoms with Crippen LogP contribution in [0, 0.1) is 5.92 Å². The van der Waals surface area contributed by atoms with E-state index in [1.165, 1.54) is 0 Å². The summed E-state index contributed by atoms with van der Waals surface area (Å²) in [6, 6.07) is 3.36. The van der Waals surface area contributed by atoms with Crippen LogP contribution >= 0.6 is 0 Å². The van der Waals surface area contributed by atoms with Crippen LogP contribution in [0.3, 0.4) is 0 Å². The summed E-state index contributed by atoms with van der Waals surface area (Å²) in [5, 5.41) is 12.9. The van der Waals surface area contributed by atoms with Crippen LogP contribution in [-0.4, -0.2) is 35.7 Å². The molecule has 5 heteroatoms. The second-order valence-corrected chi connectivity index (χ2v) is 5.68. The van der Waals surface area contributed by atoms with Gasteiger partial charge in [0.05, 0.1) is 18.4 Å². The van der Waals surface area contributed by atoms with Crippen molar-refractivity contribution in [3.8, 4) is 0 Å². The molecule has 1 aromatic heterocycles. The molecule has 5 nitrogen and oxygen atoms in total. The van der Waals surface area contributed by atoms with E-state index in [2.05, 4.69) is 5.32 Å². The van der Waals surface area contributed by atoms with Gasteiger partial charge in [-0.15, -0.1) is 0 Å². The molecule has 1 saturated carbocycles. The second-order valence-electron chi connectivity index (χ2n) is 5.68. The number of nitrogens with one attached hydrogen (secondary N) is 1. The zero-order valence-electron chi connectivity index (χ0n) is 12.2. The number of hydrogen-bond acceptors (Lipinski definition) is 3. The molecule has 20 heavy (non-hydrogen) atoms. The first-order valence-electron chi connectivity index (χ1n) is 7.31. The van der Waals surface area contributed by atoms with Crippen molar-refractivity contribution in [3.63, 3.8) is 0 Å². The van der Waals surface area contributed by atoms with Gasteiger partial charge in [0.25, 0.3) is 0 Å². The van der Waals surface area contributed by atoms with Gasteiger partial charge in [-0.25, -0.2) is 4.79 Å². The summed E-state index contributed by atoms with van der Waals surface area (Å²) in [6.45, 7) is 2.48. The molecule has 0 aromatic carbocycles. The Kier molecular flexibility index (Phi) is 5.06. The smallest absolute Gasteiger partial charge is 0.317 e. The van der Waals surface area contributed by atoms with Gasteiger partial charge in [0.15, 0.2) is 0 Å². The number of amides is 2. The van der Waals surface area contributed by atoms with E-state index < -0.39 is 0 Å². The molecule has 1 aromatic rings. The zero-order valence-corrected chi connectivity index (χ0v) is 12.2. The van der Waals surface area contributed by atoms with Gasteiger partial charge in [-0.3, -0.25) is 0 Å². The van der Waals surface area contributed by atoms with Crippen LogP contribution in [0.25, 0.3) is 0 Å². The molecule has 1 aliphatic carbocycles. The van der Waals surface area contributed by atoms with Gasteiger partial charge in [0, 0.05) is 19.5 Å². The van der Waals surface area contributed by atoms with Crippen molar-refractivity contribution in [3.05, 3.63) is 24.2 Å². The average molecular weight is 280 g/mol. The van der Waals surface area contributed by atoms with Gasteiger partial charge < -0.3 is 19.7 Å². The third-order valence-corrected chi connectivity index (χ3v) is 4.03. The van der Waals surface area contributed by atoms with Gasteiger partial charge in [-0.1, -0.05) is 12.8 Å². The van der Waals surface area contributed by atoms with Gasteiger partial charge in [-0.05, 0) is 31.9 Å². The Hall–Kier alpha value is -1.49. The number of nitrogens with zero attached hydrogens (tertiary/aromatic N) is 1. The predicted octanol–water partition coefficient (Wildman–Crippen LogP) is 2.53. The first-order valence-corrected chi connectivity index (χ1v) is 7.31. The van der Waals surface area contributed by atoms with Crippen LogP contribution in [-0.2, 0) is 0 Å². The molecule has 1 fully saturated rings. The standard InChI is InChI=1S/C15H24N2O3/c1-11(14-8-5-9-20-14)16-15(19)17(2)10-12-6-3-4-7-13(12)18/h5,8-9,11-13,18H,3-4,6-7,10H2,1-2H3,(H,16,19)/t11-,12+,13-/m0/s1. The number of aliphatic hydroxyl groups excluding tert-OH is 1. The first kappa shape index (κ1) is 14.9. The van der Waals surface area contributed by atoms with Crippen molar-refractivity contribution in [2.24, 2.45) is 5.92 Å². The number of urea groups is 1. The Labute approximate surface area is 119 Å². The lowest BCUT2D eigenvalue weighted by Crippen LogP contribution is -2.43. The highest BCUT2D eigenvalue weighted by molar-refractivity contribution is 5.74. The molecular formula is C15H24N2O3. The number of hydrogen-bond donors (Lipinski definition) is 2. The maximum atomic E-state index is 12.1. The van der Waals surface area contributed by atoms with E-state index in [4.69, 9.17) is 4.42 Å². The average Bonchev–Trinajstić information content (AvgIpc) is 2.95. The fraction of sp³-hybridized carbons (Fsp3) is 0.667. The van der Waals surface area contributed by atoms with E-state index in [0.717, 1.165) is 31.4 Å². The SMILES string of the molecule is C[C@H](NC(=O)N(C)C[C@H]1CCCC[C@@H]1O)c1ccco1. The van der Waals surface area contributed by atoms with Gasteiger partial charge in [0.2, 0.25) is 0 Å². The number of aliphatic hydroxyl groups is 1. The molecule has 2 rings (SSSR count). The van der Waals surface area contributed by atoms with Gasteiger partial charge >= 0.3 is 6.03 Å². The summed E-state index contributed by atoms with van der Waals surface area (Å²) in [5.41, 5.74) is 0. The van der Waals surface area contributed by atoms with Crippen LogP contribution in [0.1, 0.15) is 44.4 Å². The Morgan fingerprint density at radius 3 is 2.95 bits per heavy atom. The topological polar surface area (TPSA) is 65.7 Å². The number of furan rings is 1. The van der Waals surface area contributed by atoms with Gasteiger partial charge in [0.1, 0.15) is 5.76 Å². The summed E-state index contributed by atoms with van der Waals surface area (Å²) in [5.74, 6) is 0.933. The van der Waals surface area contributed by atoms with Crippen LogP contribution in [0.15, 0.2) is 22.8 Å². The predicted molar refractivity (Wildman–Crippen MR) is 76.2 cm³/mol. The molecule has 0 aliphatic heterocycles. The maximum Gasteiger partial charge on any atom is 0.317 e. The van der Waals surface area contributed by atoms with Gasteiger partial charge in [-0.2, -0.15) is 0 Å². The molecule has 0 bridgehead atoms. The van der Waals surface area contributed by atoms with Crippen molar-refractivity contribution < 1.29 is 14.3 Å². The molecule has 0 spiro atoms. The minimum absolute atomic E-state index is 0.133. The highest BCUT2D eigenvalue weighted by atomic mass is 16.3. The van der Waals surface area contributed by atoms with E-state index in [1.54, 1.807) is 24.3 Å². The molecule has 0 radical (unpaired) electrons. The minimum atomic E-state index is -0.276. The Morgan fingerprint density at radius 2 is 2.30 bits per heavy atom. The van der Waals surface area contributed by atoms with Crippen LogP contribution in [0.5, 0.6) is 0 Å². The summed E-state index contributed by atoms with van der Waals surface area (Å²) in [6.07, 6.45) is 5.39. The van der Waals surface area contributed by atoms with Crippen molar-refractivity contribution >= 4 is 6.03 Å². The molecule has 1 aliphatic rings. The summed E-state index contributed by atoms with van der Waals surface area (Å²) >= 11 is 0. The van der Waals surface area contributed by atoms with E-state index >= 15 is 0 Å². The van der Waals surface area contributed by atoms with E-state index in [9.17, 15) is 9.90 Å². The van der Waals surface area contributed by atoms with Crippen molar-refractivity contribution in [1.29, 1.82) is 0 Å². The number of carbonyl (C=O) groups is 1. The van der Waals surface area contributed by atoms with Crippen molar-refractivity contribution in [1.82, 2.24) is 10.2 Å². The van der Waals surface area contributed by atoms with E-state index in [-0.39, 0.29) is 24.1 Å². The molecule has 3 atom stereocenters. The maximum absolute atomic E-state index is 12.1. The molecule has 112 valence electrons. The third kappa shape index (κ3) is 3.76. The quantitative estimate of drug-likeness (QED) is 0.890. The lowest BCUT2D eigenvalue weighted by atomic mass is 9.86. The molecule has 0 unspecified atom stereocenters. The summed E-state index contributed by atoms with van der Waals surface area (Å²) < 4.78 is 5.27. The van der Waals surface area contributed by atoms with Crippen LogP contribution in [0.4, 0.5) is 4.79 Å². The van der Waals surface area contributed by atoms with E-state index in [0.29, 0.717) is 6.54 Å². The Balaban J connectivity index is 1.82. The number of rotatable bonds is 4. The number of carbonyl (C=O) groups excluding carboxylic acids is 1. The molecule has 1 heterocycles. The largest absolute Gasteiger partial charge is 0.467 e. The fourth-order valence-electron chi connectivity index (χ4n) is 2.74. The monoisotopic (exact) mass is 280 g/mol. The first-order chi connectivity index (χ1) is 9.58. The lowest BCUT2D eigenvalue weighted by Gasteiger charge is -2.31. The summed E-state index contributed by atoms with van der Waals surface area (Å²) in [4.78, 5) is 13.8. The molecule has 2 N–H and O–H groups in total. The second kappa shape index (κ2) is 6.79. The highest BCUT2D eigenvalue weighted by Crippen LogP contribution is 2.25. The van der Waals surface area contributed by atoms with Crippen LogP contribution < -0.4 is 5.32 Å². The lowest BCUT2D eigenvalue weighted by molar-refractivity contribution is 0.0562. The zero-order chi connectivity index (χ0) is 14.5. The third-order valence-electron chi connectivity index (χ3n) is 4.03. The molecule has 2 amide bonds. The highest BCUT2D eigenvalue weighted by Gasteiger charge is 2.26. The fourth-order valence-corrected chi connectivity index (χ4v) is 2.74. The Bertz CT molecular complexity index is 419. The summed E-state index contributed by atoms with van der Waals surface area (Å²) in [7, 11) is 1.77. The molecular weight excluding hydrogens is 256 g/mol.